The van der Waals surface area contributed by atoms with Gasteiger partial charge in [0.1, 0.15) is 11.6 Å². The van der Waals surface area contributed by atoms with E-state index in [1.165, 1.54) is 17.7 Å². The Bertz CT molecular complexity index is 1010. The third-order valence-corrected chi connectivity index (χ3v) is 6.30. The van der Waals surface area contributed by atoms with Crippen LogP contribution in [0.4, 0.5) is 9.18 Å². The highest BCUT2D eigenvalue weighted by Gasteiger charge is 2.24. The zero-order valence-corrected chi connectivity index (χ0v) is 18.6. The van der Waals surface area contributed by atoms with Crippen molar-refractivity contribution in [2.45, 2.75) is 39.2 Å². The topological polar surface area (TPSA) is 50.2 Å². The van der Waals surface area contributed by atoms with Crippen LogP contribution >= 0.6 is 0 Å². The van der Waals surface area contributed by atoms with Crippen LogP contribution in [0.5, 0.6) is 0 Å². The van der Waals surface area contributed by atoms with Gasteiger partial charge in [-0.15, -0.1) is 0 Å². The van der Waals surface area contributed by atoms with Crippen LogP contribution in [-0.4, -0.2) is 40.1 Å². The molecule has 0 bridgehead atoms. The number of piperidine rings is 1. The van der Waals surface area contributed by atoms with Gasteiger partial charge in [-0.25, -0.2) is 14.2 Å². The molecule has 168 valence electrons. The number of nitrogens with one attached hydrogen (secondary N) is 1. The van der Waals surface area contributed by atoms with Crippen LogP contribution in [0, 0.1) is 18.7 Å². The number of imidazole rings is 1. The van der Waals surface area contributed by atoms with Crippen molar-refractivity contribution in [3.8, 4) is 0 Å². The molecule has 2 aromatic carbocycles. The van der Waals surface area contributed by atoms with Gasteiger partial charge in [-0.1, -0.05) is 42.5 Å². The van der Waals surface area contributed by atoms with Crippen LogP contribution in [0.3, 0.4) is 0 Å². The highest BCUT2D eigenvalue weighted by atomic mass is 19.1. The number of carbonyl (C=O) groups is 1. The molecule has 32 heavy (non-hydrogen) atoms. The first kappa shape index (κ1) is 22.1. The van der Waals surface area contributed by atoms with Crippen LogP contribution < -0.4 is 5.32 Å². The monoisotopic (exact) mass is 434 g/mol. The van der Waals surface area contributed by atoms with Crippen molar-refractivity contribution < 1.29 is 9.18 Å². The first-order valence-electron chi connectivity index (χ1n) is 11.4. The van der Waals surface area contributed by atoms with Gasteiger partial charge < -0.3 is 14.8 Å². The maximum absolute atomic E-state index is 13.2. The minimum absolute atomic E-state index is 0.0352. The molecule has 0 radical (unpaired) electrons. The third-order valence-electron chi connectivity index (χ3n) is 6.30. The van der Waals surface area contributed by atoms with Crippen LogP contribution in [0.25, 0.3) is 0 Å². The molecule has 0 aliphatic carbocycles. The number of aromatic nitrogens is 2. The number of aryl methyl sites for hydroxylation is 1. The summed E-state index contributed by atoms with van der Waals surface area (Å²) >= 11 is 0. The lowest BCUT2D eigenvalue weighted by Gasteiger charge is -2.32. The van der Waals surface area contributed by atoms with Crippen molar-refractivity contribution in [1.82, 2.24) is 19.8 Å². The number of urea groups is 1. The molecule has 1 saturated heterocycles. The molecule has 2 heterocycles. The Morgan fingerprint density at radius 3 is 2.50 bits per heavy atom. The SMILES string of the molecule is Cc1cnc(CC2CCN(C(=O)NCCc3ccccc3)CC2)n1Cc1ccc(F)cc1. The maximum atomic E-state index is 13.2. The zero-order chi connectivity index (χ0) is 22.3. The molecule has 1 aromatic heterocycles. The van der Waals surface area contributed by atoms with E-state index >= 15 is 0 Å². The van der Waals surface area contributed by atoms with Crippen LogP contribution in [0.1, 0.15) is 35.5 Å². The molecule has 2 amide bonds. The van der Waals surface area contributed by atoms with Gasteiger partial charge in [-0.05, 0) is 55.4 Å². The maximum Gasteiger partial charge on any atom is 0.317 e. The van der Waals surface area contributed by atoms with E-state index in [0.717, 1.165) is 55.9 Å². The average Bonchev–Trinajstić information content (AvgIpc) is 3.15. The molecule has 1 aliphatic heterocycles. The standard InChI is InChI=1S/C26H31FN4O/c1-20-18-29-25(31(20)19-23-7-9-24(27)10-8-23)17-22-12-15-30(16-13-22)26(32)28-14-11-21-5-3-2-4-6-21/h2-10,18,22H,11-17,19H2,1H3,(H,28,32). The normalized spacial score (nSPS) is 14.5. The summed E-state index contributed by atoms with van der Waals surface area (Å²) in [5.41, 5.74) is 3.41. The van der Waals surface area contributed by atoms with E-state index in [9.17, 15) is 9.18 Å². The minimum Gasteiger partial charge on any atom is -0.338 e. The van der Waals surface area contributed by atoms with Crippen molar-refractivity contribution in [2.24, 2.45) is 5.92 Å². The Morgan fingerprint density at radius 1 is 1.06 bits per heavy atom. The van der Waals surface area contributed by atoms with Crippen molar-refractivity contribution in [3.05, 3.63) is 89.3 Å². The summed E-state index contributed by atoms with van der Waals surface area (Å²) in [5, 5.41) is 3.05. The summed E-state index contributed by atoms with van der Waals surface area (Å²) in [6.07, 6.45) is 5.62. The van der Waals surface area contributed by atoms with E-state index in [1.54, 1.807) is 0 Å². The molecule has 5 nitrogen and oxygen atoms in total. The Hall–Kier alpha value is -3.15. The minimum atomic E-state index is -0.216. The van der Waals surface area contributed by atoms with E-state index in [4.69, 9.17) is 0 Å². The fourth-order valence-electron chi connectivity index (χ4n) is 4.33. The number of hydrogen-bond acceptors (Lipinski definition) is 2. The quantitative estimate of drug-likeness (QED) is 0.592. The Morgan fingerprint density at radius 2 is 1.78 bits per heavy atom. The van der Waals surface area contributed by atoms with Gasteiger partial charge in [0.15, 0.2) is 0 Å². The molecule has 1 fully saturated rings. The molecule has 3 aromatic rings. The van der Waals surface area contributed by atoms with Gasteiger partial charge in [-0.3, -0.25) is 0 Å². The Kier molecular flexibility index (Phi) is 7.20. The molecule has 1 aliphatic rings. The second-order valence-electron chi connectivity index (χ2n) is 8.63. The number of carbonyl (C=O) groups excluding carboxylic acids is 1. The van der Waals surface area contributed by atoms with Gasteiger partial charge in [0.2, 0.25) is 0 Å². The van der Waals surface area contributed by atoms with Crippen LogP contribution in [0.2, 0.25) is 0 Å². The highest BCUT2D eigenvalue weighted by Crippen LogP contribution is 2.22. The van der Waals surface area contributed by atoms with Gasteiger partial charge in [0.25, 0.3) is 0 Å². The van der Waals surface area contributed by atoms with Crippen LogP contribution in [0.15, 0.2) is 60.8 Å². The summed E-state index contributed by atoms with van der Waals surface area (Å²) in [4.78, 5) is 19.1. The van der Waals surface area contributed by atoms with E-state index in [0.29, 0.717) is 19.0 Å². The molecule has 6 heteroatoms. The predicted molar refractivity (Wildman–Crippen MR) is 124 cm³/mol. The molecule has 1 N–H and O–H groups in total. The number of likely N-dealkylation sites (tertiary alicyclic amines) is 1. The van der Waals surface area contributed by atoms with Crippen molar-refractivity contribution in [1.29, 1.82) is 0 Å². The lowest BCUT2D eigenvalue weighted by atomic mass is 9.93. The zero-order valence-electron chi connectivity index (χ0n) is 18.6. The largest absolute Gasteiger partial charge is 0.338 e. The molecule has 0 unspecified atom stereocenters. The number of amides is 2. The first-order chi connectivity index (χ1) is 15.6. The molecule has 4 rings (SSSR count). The van der Waals surface area contributed by atoms with Gasteiger partial charge >= 0.3 is 6.03 Å². The lowest BCUT2D eigenvalue weighted by molar-refractivity contribution is 0.170. The lowest BCUT2D eigenvalue weighted by Crippen LogP contribution is -2.45. The van der Waals surface area contributed by atoms with Crippen LogP contribution in [-0.2, 0) is 19.4 Å². The summed E-state index contributed by atoms with van der Waals surface area (Å²) in [7, 11) is 0. The number of halogens is 1. The molecular formula is C26H31FN4O. The number of rotatable bonds is 7. The van der Waals surface area contributed by atoms with Crippen molar-refractivity contribution in [2.75, 3.05) is 19.6 Å². The molecule has 0 spiro atoms. The van der Waals surface area contributed by atoms with Gasteiger partial charge in [0, 0.05) is 44.5 Å². The fraction of sp³-hybridized carbons (Fsp3) is 0.385. The predicted octanol–water partition coefficient (Wildman–Crippen LogP) is 4.59. The van der Waals surface area contributed by atoms with E-state index in [1.807, 2.05) is 41.4 Å². The highest BCUT2D eigenvalue weighted by molar-refractivity contribution is 5.74. The van der Waals surface area contributed by atoms with E-state index in [2.05, 4.69) is 33.9 Å². The number of benzene rings is 2. The third kappa shape index (κ3) is 5.75. The van der Waals surface area contributed by atoms with Gasteiger partial charge in [-0.2, -0.15) is 0 Å². The Labute approximate surface area is 189 Å². The summed E-state index contributed by atoms with van der Waals surface area (Å²) in [5.74, 6) is 1.36. The second-order valence-corrected chi connectivity index (χ2v) is 8.63. The van der Waals surface area contributed by atoms with E-state index in [-0.39, 0.29) is 11.8 Å². The average molecular weight is 435 g/mol. The number of hydrogen-bond donors (Lipinski definition) is 1. The molecule has 0 saturated carbocycles. The summed E-state index contributed by atoms with van der Waals surface area (Å²) in [6.45, 7) is 4.97. The summed E-state index contributed by atoms with van der Waals surface area (Å²) < 4.78 is 15.4. The molecular weight excluding hydrogens is 403 g/mol. The van der Waals surface area contributed by atoms with Crippen molar-refractivity contribution >= 4 is 6.03 Å². The van der Waals surface area contributed by atoms with Gasteiger partial charge in [0.05, 0.1) is 0 Å². The Balaban J connectivity index is 1.25. The fourth-order valence-corrected chi connectivity index (χ4v) is 4.33. The smallest absolute Gasteiger partial charge is 0.317 e. The van der Waals surface area contributed by atoms with Crippen molar-refractivity contribution in [3.63, 3.8) is 0 Å². The second kappa shape index (κ2) is 10.4. The molecule has 0 atom stereocenters. The summed E-state index contributed by atoms with van der Waals surface area (Å²) in [6, 6.07) is 16.9. The first-order valence-corrected chi connectivity index (χ1v) is 11.4. The van der Waals surface area contributed by atoms with E-state index < -0.39 is 0 Å². The number of nitrogens with zero attached hydrogens (tertiary/aromatic N) is 3.